The van der Waals surface area contributed by atoms with Crippen molar-refractivity contribution in [2.24, 2.45) is 5.92 Å². The molecule has 1 aliphatic heterocycles. The zero-order valence-electron chi connectivity index (χ0n) is 9.35. The number of halogens is 1. The van der Waals surface area contributed by atoms with Crippen LogP contribution in [-0.4, -0.2) is 20.6 Å². The second-order valence-corrected chi connectivity index (χ2v) is 4.10. The second kappa shape index (κ2) is 5.34. The zero-order valence-corrected chi connectivity index (χ0v) is 10.2. The minimum absolute atomic E-state index is 0. The molecule has 1 unspecified atom stereocenters. The number of aliphatic carboxylic acids is 1. The third kappa shape index (κ3) is 2.38. The topological polar surface area (TPSA) is 55.1 Å². The minimum atomic E-state index is -0.681. The summed E-state index contributed by atoms with van der Waals surface area (Å²) in [5.74, 6) is 0.208. The van der Waals surface area contributed by atoms with Gasteiger partial charge in [0.2, 0.25) is 0 Å². The van der Waals surface area contributed by atoms with Crippen LogP contribution in [0.4, 0.5) is 0 Å². The number of carboxylic acid groups (broad SMARTS) is 1. The van der Waals surface area contributed by atoms with Gasteiger partial charge in [-0.2, -0.15) is 0 Å². The lowest BCUT2D eigenvalue weighted by Gasteiger charge is -2.21. The van der Waals surface area contributed by atoms with Crippen LogP contribution in [0, 0.1) is 5.92 Å². The number of nitrogens with zero attached hydrogens (tertiary/aromatic N) is 2. The Morgan fingerprint density at radius 3 is 3.06 bits per heavy atom. The van der Waals surface area contributed by atoms with Crippen molar-refractivity contribution in [1.29, 1.82) is 0 Å². The van der Waals surface area contributed by atoms with Crippen molar-refractivity contribution in [3.8, 4) is 0 Å². The van der Waals surface area contributed by atoms with Crippen LogP contribution in [0.25, 0.3) is 0 Å². The Balaban J connectivity index is 0.00000128. The van der Waals surface area contributed by atoms with Crippen molar-refractivity contribution in [1.82, 2.24) is 9.55 Å². The highest BCUT2D eigenvalue weighted by molar-refractivity contribution is 5.85. The fourth-order valence-corrected chi connectivity index (χ4v) is 2.16. The Morgan fingerprint density at radius 1 is 1.69 bits per heavy atom. The Bertz CT molecular complexity index is 376. The van der Waals surface area contributed by atoms with Gasteiger partial charge in [0.15, 0.2) is 0 Å². The first-order valence-corrected chi connectivity index (χ1v) is 5.48. The number of imidazole rings is 1. The molecule has 4 nitrogen and oxygen atoms in total. The fourth-order valence-electron chi connectivity index (χ4n) is 2.16. The smallest absolute Gasteiger partial charge is 0.306 e. The summed E-state index contributed by atoms with van der Waals surface area (Å²) in [5, 5.41) is 8.94. The molecule has 0 bridgehead atoms. The first kappa shape index (κ1) is 13.0. The van der Waals surface area contributed by atoms with Crippen LogP contribution in [0.1, 0.15) is 31.3 Å². The minimum Gasteiger partial charge on any atom is -0.481 e. The molecular weight excluding hydrogens is 228 g/mol. The van der Waals surface area contributed by atoms with E-state index in [2.05, 4.69) is 16.5 Å². The normalized spacial score (nSPS) is 18.7. The van der Waals surface area contributed by atoms with Crippen LogP contribution < -0.4 is 0 Å². The molecule has 16 heavy (non-hydrogen) atoms. The zero-order chi connectivity index (χ0) is 10.8. The van der Waals surface area contributed by atoms with E-state index in [0.717, 1.165) is 37.3 Å². The summed E-state index contributed by atoms with van der Waals surface area (Å²) < 4.78 is 2.18. The summed E-state index contributed by atoms with van der Waals surface area (Å²) in [6.07, 6.45) is 5.26. The summed E-state index contributed by atoms with van der Waals surface area (Å²) in [7, 11) is 0. The van der Waals surface area contributed by atoms with E-state index >= 15 is 0 Å². The summed E-state index contributed by atoms with van der Waals surface area (Å²) in [6.45, 7) is 2.94. The molecule has 90 valence electrons. The maximum atomic E-state index is 10.9. The number of aryl methyl sites for hydroxylation is 1. The van der Waals surface area contributed by atoms with E-state index in [4.69, 9.17) is 5.11 Å². The number of rotatable bonds is 3. The predicted molar refractivity (Wildman–Crippen MR) is 62.9 cm³/mol. The molecule has 0 amide bonds. The van der Waals surface area contributed by atoms with E-state index in [9.17, 15) is 4.79 Å². The van der Waals surface area contributed by atoms with Gasteiger partial charge < -0.3 is 9.67 Å². The highest BCUT2D eigenvalue weighted by Crippen LogP contribution is 2.22. The van der Waals surface area contributed by atoms with Gasteiger partial charge in [-0.3, -0.25) is 4.79 Å². The van der Waals surface area contributed by atoms with Crippen molar-refractivity contribution in [2.45, 2.75) is 39.2 Å². The van der Waals surface area contributed by atoms with Gasteiger partial charge in [-0.25, -0.2) is 4.98 Å². The number of carboxylic acids is 1. The van der Waals surface area contributed by atoms with Crippen LogP contribution in [-0.2, 0) is 24.2 Å². The molecular formula is C11H17ClN2O2. The average molecular weight is 245 g/mol. The van der Waals surface area contributed by atoms with Gasteiger partial charge in [0.1, 0.15) is 5.82 Å². The van der Waals surface area contributed by atoms with Gasteiger partial charge in [-0.15, -0.1) is 12.4 Å². The van der Waals surface area contributed by atoms with Crippen molar-refractivity contribution in [3.05, 3.63) is 17.7 Å². The van der Waals surface area contributed by atoms with Crippen LogP contribution in [0.2, 0.25) is 0 Å². The molecule has 5 heteroatoms. The lowest BCUT2D eigenvalue weighted by Crippen LogP contribution is -2.26. The molecule has 1 aliphatic rings. The number of hydrogen-bond donors (Lipinski definition) is 1. The standard InChI is InChI=1S/C11H16N2O2.ClH/c1-2-3-10-12-7-9-6-8(11(14)15)4-5-13(9)10;/h7-8H,2-6H2,1H3,(H,14,15);1H. The highest BCUT2D eigenvalue weighted by atomic mass is 35.5. The van der Waals surface area contributed by atoms with Gasteiger partial charge in [0.25, 0.3) is 0 Å². The first-order chi connectivity index (χ1) is 7.22. The van der Waals surface area contributed by atoms with E-state index in [1.807, 2.05) is 6.20 Å². The van der Waals surface area contributed by atoms with Crippen molar-refractivity contribution in [2.75, 3.05) is 0 Å². The van der Waals surface area contributed by atoms with Gasteiger partial charge in [-0.1, -0.05) is 6.92 Å². The summed E-state index contributed by atoms with van der Waals surface area (Å²) in [5.41, 5.74) is 1.08. The molecule has 1 aromatic rings. The molecule has 0 radical (unpaired) electrons. The van der Waals surface area contributed by atoms with E-state index in [0.29, 0.717) is 6.42 Å². The molecule has 2 heterocycles. The Morgan fingerprint density at radius 2 is 2.44 bits per heavy atom. The number of fused-ring (bicyclic) bond motifs is 1. The third-order valence-corrected chi connectivity index (χ3v) is 3.00. The summed E-state index contributed by atoms with van der Waals surface area (Å²) >= 11 is 0. The molecule has 0 saturated heterocycles. The lowest BCUT2D eigenvalue weighted by molar-refractivity contribution is -0.142. The van der Waals surface area contributed by atoms with Crippen LogP contribution in [0.5, 0.6) is 0 Å². The second-order valence-electron chi connectivity index (χ2n) is 4.10. The summed E-state index contributed by atoms with van der Waals surface area (Å²) in [4.78, 5) is 15.2. The first-order valence-electron chi connectivity index (χ1n) is 5.48. The molecule has 0 aromatic carbocycles. The Labute approximate surface area is 101 Å². The molecule has 1 aromatic heterocycles. The maximum Gasteiger partial charge on any atom is 0.306 e. The SMILES string of the molecule is CCCc1ncc2n1CCC(C(=O)O)C2.Cl. The van der Waals surface area contributed by atoms with E-state index in [-0.39, 0.29) is 18.3 Å². The predicted octanol–water partition coefficient (Wildman–Crippen LogP) is 1.90. The monoisotopic (exact) mass is 244 g/mol. The van der Waals surface area contributed by atoms with Gasteiger partial charge >= 0.3 is 5.97 Å². The number of aromatic nitrogens is 2. The largest absolute Gasteiger partial charge is 0.481 e. The number of carbonyl (C=O) groups is 1. The Hall–Kier alpha value is -1.03. The van der Waals surface area contributed by atoms with Gasteiger partial charge in [-0.05, 0) is 12.8 Å². The quantitative estimate of drug-likeness (QED) is 0.884. The molecule has 0 saturated carbocycles. The molecule has 1 atom stereocenters. The van der Waals surface area contributed by atoms with Crippen molar-refractivity contribution in [3.63, 3.8) is 0 Å². The molecule has 2 rings (SSSR count). The molecule has 0 spiro atoms. The highest BCUT2D eigenvalue weighted by Gasteiger charge is 2.25. The van der Waals surface area contributed by atoms with Crippen LogP contribution in [0.3, 0.4) is 0 Å². The molecule has 0 fully saturated rings. The maximum absolute atomic E-state index is 10.9. The van der Waals surface area contributed by atoms with Gasteiger partial charge in [0.05, 0.1) is 5.92 Å². The average Bonchev–Trinajstić information content (AvgIpc) is 2.61. The lowest BCUT2D eigenvalue weighted by atomic mass is 9.96. The van der Waals surface area contributed by atoms with E-state index in [1.54, 1.807) is 0 Å². The molecule has 1 N–H and O–H groups in total. The van der Waals surface area contributed by atoms with Crippen molar-refractivity contribution < 1.29 is 9.90 Å². The van der Waals surface area contributed by atoms with Crippen molar-refractivity contribution >= 4 is 18.4 Å². The number of hydrogen-bond acceptors (Lipinski definition) is 2. The molecule has 0 aliphatic carbocycles. The van der Waals surface area contributed by atoms with Crippen LogP contribution >= 0.6 is 12.4 Å². The van der Waals surface area contributed by atoms with Gasteiger partial charge in [0, 0.05) is 31.3 Å². The van der Waals surface area contributed by atoms with E-state index < -0.39 is 5.97 Å². The Kier molecular flexibility index (Phi) is 4.35. The summed E-state index contributed by atoms with van der Waals surface area (Å²) in [6, 6.07) is 0. The fraction of sp³-hybridized carbons (Fsp3) is 0.636. The van der Waals surface area contributed by atoms with Crippen LogP contribution in [0.15, 0.2) is 6.20 Å². The van der Waals surface area contributed by atoms with E-state index in [1.165, 1.54) is 0 Å². The third-order valence-electron chi connectivity index (χ3n) is 3.00.